The number of fused-ring (bicyclic) bond motifs is 1. The first-order valence-electron chi connectivity index (χ1n) is 7.39. The largest absolute Gasteiger partial charge is 0.424 e. The van der Waals surface area contributed by atoms with Crippen LogP contribution in [0.5, 0.6) is 0 Å². The van der Waals surface area contributed by atoms with Crippen LogP contribution in [0.15, 0.2) is 28.7 Å². The molecular weight excluding hydrogens is 250 g/mol. The third-order valence-electron chi connectivity index (χ3n) is 4.45. The monoisotopic (exact) mass is 269 g/mol. The van der Waals surface area contributed by atoms with Gasteiger partial charge in [0.2, 0.25) is 11.8 Å². The number of hydrogen-bond acceptors (Lipinski definition) is 4. The Balaban J connectivity index is 1.42. The van der Waals surface area contributed by atoms with Gasteiger partial charge in [-0.05, 0) is 43.9 Å². The second-order valence-electron chi connectivity index (χ2n) is 6.05. The number of hydrogen-bond donors (Lipinski definition) is 0. The van der Waals surface area contributed by atoms with Crippen LogP contribution >= 0.6 is 0 Å². The summed E-state index contributed by atoms with van der Waals surface area (Å²) in [5, 5.41) is 8.33. The summed E-state index contributed by atoms with van der Waals surface area (Å²) in [6.45, 7) is 0.748. The molecule has 1 aromatic carbocycles. The van der Waals surface area contributed by atoms with Gasteiger partial charge < -0.3 is 4.42 Å². The first-order chi connectivity index (χ1) is 9.79. The Morgan fingerprint density at radius 2 is 1.85 bits per heavy atom. The fourth-order valence-corrected chi connectivity index (χ4v) is 3.02. The van der Waals surface area contributed by atoms with Crippen molar-refractivity contribution in [2.75, 3.05) is 7.05 Å². The Labute approximate surface area is 118 Å². The average molecular weight is 269 g/mol. The number of likely N-dealkylation sites (N-methyl/N-ethyl adjacent to an activating group) is 1. The lowest BCUT2D eigenvalue weighted by Crippen LogP contribution is -2.31. The highest BCUT2D eigenvalue weighted by Gasteiger charge is 2.30. The second kappa shape index (κ2) is 4.70. The molecular formula is C16H19N3O. The third-order valence-corrected chi connectivity index (χ3v) is 4.45. The van der Waals surface area contributed by atoms with Gasteiger partial charge in [0, 0.05) is 12.0 Å². The van der Waals surface area contributed by atoms with Gasteiger partial charge in [0.05, 0.1) is 6.54 Å². The highest BCUT2D eigenvalue weighted by Crippen LogP contribution is 2.39. The van der Waals surface area contributed by atoms with Crippen molar-refractivity contribution < 1.29 is 4.42 Å². The first-order valence-corrected chi connectivity index (χ1v) is 7.39. The van der Waals surface area contributed by atoms with Gasteiger partial charge in [0.15, 0.2) is 0 Å². The number of benzene rings is 1. The molecule has 0 bridgehead atoms. The van der Waals surface area contributed by atoms with E-state index < -0.39 is 0 Å². The van der Waals surface area contributed by atoms with Crippen LogP contribution in [0.25, 0.3) is 0 Å². The molecule has 0 saturated heterocycles. The minimum Gasteiger partial charge on any atom is -0.424 e. The summed E-state index contributed by atoms with van der Waals surface area (Å²) in [4.78, 5) is 2.34. The Hall–Kier alpha value is -1.68. The van der Waals surface area contributed by atoms with E-state index in [1.54, 1.807) is 0 Å². The summed E-state index contributed by atoms with van der Waals surface area (Å²) in [5.74, 6) is 2.13. The van der Waals surface area contributed by atoms with Gasteiger partial charge in [-0.25, -0.2) is 0 Å². The molecule has 1 aromatic heterocycles. The van der Waals surface area contributed by atoms with E-state index in [-0.39, 0.29) is 0 Å². The Kier molecular flexibility index (Phi) is 2.84. The molecule has 0 radical (unpaired) electrons. The van der Waals surface area contributed by atoms with Crippen LogP contribution in [0, 0.1) is 0 Å². The predicted octanol–water partition coefficient (Wildman–Crippen LogP) is 2.55. The molecule has 4 heteroatoms. The predicted molar refractivity (Wildman–Crippen MR) is 75.4 cm³/mol. The van der Waals surface area contributed by atoms with Crippen molar-refractivity contribution in [1.82, 2.24) is 15.1 Å². The fourth-order valence-electron chi connectivity index (χ4n) is 3.02. The number of rotatable bonds is 4. The SMILES string of the molecule is CN(Cc1nnc(C2CC2)o1)C1Cc2ccccc2C1. The lowest BCUT2D eigenvalue weighted by Gasteiger charge is -2.22. The summed E-state index contributed by atoms with van der Waals surface area (Å²) < 4.78 is 5.75. The van der Waals surface area contributed by atoms with E-state index in [9.17, 15) is 0 Å². The molecule has 20 heavy (non-hydrogen) atoms. The van der Waals surface area contributed by atoms with E-state index in [0.717, 1.165) is 31.2 Å². The Bertz CT molecular complexity index is 593. The minimum atomic E-state index is 0.539. The number of nitrogens with zero attached hydrogens (tertiary/aromatic N) is 3. The van der Waals surface area contributed by atoms with E-state index in [0.29, 0.717) is 12.0 Å². The van der Waals surface area contributed by atoms with Crippen LogP contribution in [0.4, 0.5) is 0 Å². The summed E-state index contributed by atoms with van der Waals surface area (Å²) in [6.07, 6.45) is 4.65. The van der Waals surface area contributed by atoms with Crippen LogP contribution < -0.4 is 0 Å². The topological polar surface area (TPSA) is 42.2 Å². The maximum Gasteiger partial charge on any atom is 0.230 e. The lowest BCUT2D eigenvalue weighted by atomic mass is 10.1. The van der Waals surface area contributed by atoms with Crippen molar-refractivity contribution in [3.05, 3.63) is 47.2 Å². The van der Waals surface area contributed by atoms with Crippen molar-refractivity contribution in [3.8, 4) is 0 Å². The van der Waals surface area contributed by atoms with Crippen molar-refractivity contribution in [2.45, 2.75) is 44.2 Å². The molecule has 104 valence electrons. The van der Waals surface area contributed by atoms with Crippen molar-refractivity contribution in [2.24, 2.45) is 0 Å². The van der Waals surface area contributed by atoms with Crippen LogP contribution in [0.3, 0.4) is 0 Å². The van der Waals surface area contributed by atoms with Gasteiger partial charge in [-0.1, -0.05) is 24.3 Å². The van der Waals surface area contributed by atoms with Gasteiger partial charge in [-0.2, -0.15) is 0 Å². The maximum absolute atomic E-state index is 5.75. The lowest BCUT2D eigenvalue weighted by molar-refractivity contribution is 0.216. The molecule has 2 aliphatic rings. The normalized spacial score (nSPS) is 18.7. The molecule has 2 aliphatic carbocycles. The minimum absolute atomic E-state index is 0.539. The van der Waals surface area contributed by atoms with E-state index in [1.165, 1.54) is 24.0 Å². The van der Waals surface area contributed by atoms with E-state index in [1.807, 2.05) is 0 Å². The molecule has 2 aromatic rings. The molecule has 1 fully saturated rings. The maximum atomic E-state index is 5.75. The molecule has 4 nitrogen and oxygen atoms in total. The molecule has 4 rings (SSSR count). The summed E-state index contributed by atoms with van der Waals surface area (Å²) in [7, 11) is 2.15. The first kappa shape index (κ1) is 12.1. The highest BCUT2D eigenvalue weighted by atomic mass is 16.4. The van der Waals surface area contributed by atoms with Gasteiger partial charge in [-0.15, -0.1) is 10.2 Å². The van der Waals surface area contributed by atoms with Crippen LogP contribution in [-0.2, 0) is 19.4 Å². The molecule has 0 atom stereocenters. The van der Waals surface area contributed by atoms with E-state index in [2.05, 4.69) is 46.4 Å². The smallest absolute Gasteiger partial charge is 0.230 e. The molecule has 0 aliphatic heterocycles. The zero-order valence-corrected chi connectivity index (χ0v) is 11.7. The zero-order valence-electron chi connectivity index (χ0n) is 11.7. The summed E-state index contributed by atoms with van der Waals surface area (Å²) >= 11 is 0. The molecule has 1 heterocycles. The standard InChI is InChI=1S/C16H19N3O/c1-19(10-15-17-18-16(20-15)11-6-7-11)14-8-12-4-2-3-5-13(12)9-14/h2-5,11,14H,6-10H2,1H3. The van der Waals surface area contributed by atoms with Crippen LogP contribution in [0.1, 0.15) is 41.7 Å². The number of aromatic nitrogens is 2. The highest BCUT2D eigenvalue weighted by molar-refractivity contribution is 5.33. The van der Waals surface area contributed by atoms with E-state index in [4.69, 9.17) is 4.42 Å². The van der Waals surface area contributed by atoms with Crippen molar-refractivity contribution in [3.63, 3.8) is 0 Å². The Morgan fingerprint density at radius 1 is 1.15 bits per heavy atom. The summed E-state index contributed by atoms with van der Waals surface area (Å²) in [5.41, 5.74) is 2.96. The zero-order chi connectivity index (χ0) is 13.5. The molecule has 0 amide bonds. The van der Waals surface area contributed by atoms with Crippen molar-refractivity contribution in [1.29, 1.82) is 0 Å². The quantitative estimate of drug-likeness (QED) is 0.855. The Morgan fingerprint density at radius 3 is 2.50 bits per heavy atom. The molecule has 0 unspecified atom stereocenters. The summed E-state index contributed by atoms with van der Waals surface area (Å²) in [6, 6.07) is 9.27. The van der Waals surface area contributed by atoms with Gasteiger partial charge >= 0.3 is 0 Å². The van der Waals surface area contributed by atoms with Gasteiger partial charge in [0.25, 0.3) is 0 Å². The third kappa shape index (κ3) is 2.24. The van der Waals surface area contributed by atoms with Crippen LogP contribution in [0.2, 0.25) is 0 Å². The fraction of sp³-hybridized carbons (Fsp3) is 0.500. The van der Waals surface area contributed by atoms with E-state index >= 15 is 0 Å². The van der Waals surface area contributed by atoms with Gasteiger partial charge in [-0.3, -0.25) is 4.90 Å². The molecule has 1 saturated carbocycles. The average Bonchev–Trinajstić information content (AvgIpc) is 3.04. The van der Waals surface area contributed by atoms with Crippen LogP contribution in [-0.4, -0.2) is 28.2 Å². The van der Waals surface area contributed by atoms with Crippen molar-refractivity contribution >= 4 is 0 Å². The van der Waals surface area contributed by atoms with Gasteiger partial charge in [0.1, 0.15) is 0 Å². The molecule has 0 N–H and O–H groups in total. The molecule has 0 spiro atoms. The second-order valence-corrected chi connectivity index (χ2v) is 6.05.